The van der Waals surface area contributed by atoms with Gasteiger partial charge in [0.1, 0.15) is 5.69 Å². The number of aromatic carboxylic acids is 1. The Bertz CT molecular complexity index is 856. The molecule has 0 aliphatic carbocycles. The van der Waals surface area contributed by atoms with Crippen LogP contribution in [0.25, 0.3) is 11.3 Å². The first-order chi connectivity index (χ1) is 12.1. The zero-order valence-electron chi connectivity index (χ0n) is 12.3. The van der Waals surface area contributed by atoms with Crippen LogP contribution in [-0.2, 0) is 18.5 Å². The fraction of sp³-hybridized carbons (Fsp3) is 0.231. The maximum Gasteiger partial charge on any atom is 0.437 e. The number of rotatable bonds is 2. The van der Waals surface area contributed by atoms with Crippen molar-refractivity contribution < 1.29 is 49.4 Å². The van der Waals surface area contributed by atoms with Crippen LogP contribution in [-0.4, -0.2) is 26.3 Å². The zero-order chi connectivity index (χ0) is 20.8. The fourth-order valence-corrected chi connectivity index (χ4v) is 1.90. The molecular formula is C13H4F9N3O2. The summed E-state index contributed by atoms with van der Waals surface area (Å²) in [5, 5.41) is 13.9. The summed E-state index contributed by atoms with van der Waals surface area (Å²) >= 11 is 0. The van der Waals surface area contributed by atoms with Gasteiger partial charge < -0.3 is 5.11 Å². The van der Waals surface area contributed by atoms with E-state index in [1.165, 1.54) is 0 Å². The van der Waals surface area contributed by atoms with Crippen LogP contribution in [0.2, 0.25) is 0 Å². The Kier molecular flexibility index (Phi) is 4.79. The number of benzene rings is 1. The molecule has 0 atom stereocenters. The summed E-state index contributed by atoms with van der Waals surface area (Å²) in [6.45, 7) is 0. The van der Waals surface area contributed by atoms with Gasteiger partial charge in [0, 0.05) is 5.56 Å². The normalized spacial score (nSPS) is 12.9. The summed E-state index contributed by atoms with van der Waals surface area (Å²) in [5.74, 6) is -3.33. The van der Waals surface area contributed by atoms with Crippen molar-refractivity contribution in [3.8, 4) is 11.3 Å². The van der Waals surface area contributed by atoms with Crippen LogP contribution in [0.1, 0.15) is 27.4 Å². The van der Waals surface area contributed by atoms with Gasteiger partial charge in [-0.3, -0.25) is 0 Å². The molecule has 14 heteroatoms. The third-order valence-corrected chi connectivity index (χ3v) is 3.01. The van der Waals surface area contributed by atoms with Crippen molar-refractivity contribution in [1.82, 2.24) is 15.2 Å². The lowest BCUT2D eigenvalue weighted by Crippen LogP contribution is -2.17. The molecule has 27 heavy (non-hydrogen) atoms. The average molecular weight is 405 g/mol. The fourth-order valence-electron chi connectivity index (χ4n) is 1.90. The second kappa shape index (κ2) is 6.35. The van der Waals surface area contributed by atoms with E-state index in [4.69, 9.17) is 5.11 Å². The minimum atomic E-state index is -5.38. The van der Waals surface area contributed by atoms with Crippen molar-refractivity contribution in [3.05, 3.63) is 40.8 Å². The summed E-state index contributed by atoms with van der Waals surface area (Å²) in [6.07, 6.45) is -16.0. The van der Waals surface area contributed by atoms with Gasteiger partial charge in [0.25, 0.3) is 5.82 Å². The minimum absolute atomic E-state index is 0.0277. The van der Waals surface area contributed by atoms with Crippen molar-refractivity contribution in [2.75, 3.05) is 0 Å². The molecule has 0 amide bonds. The Hall–Kier alpha value is -2.93. The van der Waals surface area contributed by atoms with E-state index in [-0.39, 0.29) is 18.2 Å². The van der Waals surface area contributed by atoms with E-state index >= 15 is 0 Å². The van der Waals surface area contributed by atoms with Crippen LogP contribution in [0.15, 0.2) is 18.2 Å². The van der Waals surface area contributed by atoms with Crippen molar-refractivity contribution in [2.45, 2.75) is 18.5 Å². The quantitative estimate of drug-likeness (QED) is 0.755. The Labute approximate surface area is 142 Å². The molecule has 1 aromatic carbocycles. The Morgan fingerprint density at radius 1 is 0.778 bits per heavy atom. The lowest BCUT2D eigenvalue weighted by Gasteiger charge is -2.16. The number of alkyl halides is 9. The lowest BCUT2D eigenvalue weighted by molar-refractivity contribution is -0.143. The van der Waals surface area contributed by atoms with Gasteiger partial charge in [-0.1, -0.05) is 0 Å². The van der Waals surface area contributed by atoms with E-state index in [1.807, 2.05) is 0 Å². The predicted octanol–water partition coefficient (Wildman–Crippen LogP) is 4.29. The van der Waals surface area contributed by atoms with E-state index < -0.39 is 58.4 Å². The number of carboxylic acids is 1. The highest BCUT2D eigenvalue weighted by Gasteiger charge is 2.41. The van der Waals surface area contributed by atoms with Crippen LogP contribution in [0.5, 0.6) is 0 Å². The van der Waals surface area contributed by atoms with Crippen LogP contribution in [0, 0.1) is 0 Å². The number of carbonyl (C=O) groups is 1. The van der Waals surface area contributed by atoms with Gasteiger partial charge >= 0.3 is 24.5 Å². The van der Waals surface area contributed by atoms with Gasteiger partial charge in [0.05, 0.1) is 11.1 Å². The van der Waals surface area contributed by atoms with Crippen LogP contribution < -0.4 is 0 Å². The Morgan fingerprint density at radius 3 is 1.63 bits per heavy atom. The van der Waals surface area contributed by atoms with Gasteiger partial charge in [-0.2, -0.15) is 39.5 Å². The smallest absolute Gasteiger partial charge is 0.437 e. The van der Waals surface area contributed by atoms with Crippen LogP contribution in [0.4, 0.5) is 39.5 Å². The number of nitrogens with zero attached hydrogens (tertiary/aromatic N) is 3. The monoisotopic (exact) mass is 405 g/mol. The molecule has 146 valence electrons. The number of hydrogen-bond donors (Lipinski definition) is 1. The molecule has 0 saturated carbocycles. The topological polar surface area (TPSA) is 76.0 Å². The second-order valence-electron chi connectivity index (χ2n) is 4.93. The highest BCUT2D eigenvalue weighted by atomic mass is 19.4. The van der Waals surface area contributed by atoms with Gasteiger partial charge in [0.2, 0.25) is 0 Å². The van der Waals surface area contributed by atoms with E-state index in [9.17, 15) is 44.3 Å². The molecule has 1 N–H and O–H groups in total. The molecule has 0 unspecified atom stereocenters. The molecule has 0 fully saturated rings. The molecule has 0 saturated heterocycles. The summed E-state index contributed by atoms with van der Waals surface area (Å²) < 4.78 is 116. The van der Waals surface area contributed by atoms with Crippen molar-refractivity contribution in [3.63, 3.8) is 0 Å². The third kappa shape index (κ3) is 4.43. The zero-order valence-corrected chi connectivity index (χ0v) is 12.3. The van der Waals surface area contributed by atoms with Crippen molar-refractivity contribution in [1.29, 1.82) is 0 Å². The molecule has 0 aliphatic rings. The minimum Gasteiger partial charge on any atom is -0.475 e. The summed E-state index contributed by atoms with van der Waals surface area (Å²) in [6, 6.07) is -0.357. The molecular weight excluding hydrogens is 401 g/mol. The molecule has 0 bridgehead atoms. The molecule has 1 aromatic heterocycles. The maximum atomic E-state index is 13.0. The van der Waals surface area contributed by atoms with Crippen molar-refractivity contribution >= 4 is 5.97 Å². The van der Waals surface area contributed by atoms with Crippen molar-refractivity contribution in [2.24, 2.45) is 0 Å². The van der Waals surface area contributed by atoms with E-state index in [0.717, 1.165) is 0 Å². The molecule has 2 rings (SSSR count). The van der Waals surface area contributed by atoms with E-state index in [0.29, 0.717) is 0 Å². The van der Waals surface area contributed by atoms with Gasteiger partial charge in [-0.05, 0) is 18.2 Å². The molecule has 1 heterocycles. The third-order valence-electron chi connectivity index (χ3n) is 3.01. The van der Waals surface area contributed by atoms with Gasteiger partial charge in [0.15, 0.2) is 5.69 Å². The first kappa shape index (κ1) is 20.4. The maximum absolute atomic E-state index is 13.0. The Balaban J connectivity index is 2.87. The molecule has 0 spiro atoms. The number of aromatic nitrogens is 3. The summed E-state index contributed by atoms with van der Waals surface area (Å²) in [7, 11) is 0. The SMILES string of the molecule is O=C(O)c1nnc(C(F)(F)F)c(-c2cc(C(F)(F)F)cc(C(F)(F)F)c2)n1. The predicted molar refractivity (Wildman–Crippen MR) is 67.2 cm³/mol. The molecule has 0 aliphatic heterocycles. The van der Waals surface area contributed by atoms with Crippen LogP contribution in [0.3, 0.4) is 0 Å². The number of carboxylic acid groups (broad SMARTS) is 1. The first-order valence-corrected chi connectivity index (χ1v) is 6.46. The lowest BCUT2D eigenvalue weighted by atomic mass is 10.0. The number of hydrogen-bond acceptors (Lipinski definition) is 4. The van der Waals surface area contributed by atoms with E-state index in [2.05, 4.69) is 15.2 Å². The first-order valence-electron chi connectivity index (χ1n) is 6.46. The summed E-state index contributed by atoms with van der Waals surface area (Å²) in [4.78, 5) is 13.7. The largest absolute Gasteiger partial charge is 0.475 e. The second-order valence-corrected chi connectivity index (χ2v) is 4.93. The van der Waals surface area contributed by atoms with Gasteiger partial charge in [-0.15, -0.1) is 10.2 Å². The Morgan fingerprint density at radius 2 is 1.26 bits per heavy atom. The average Bonchev–Trinajstić information content (AvgIpc) is 2.51. The molecule has 0 radical (unpaired) electrons. The highest BCUT2D eigenvalue weighted by Crippen LogP contribution is 2.40. The highest BCUT2D eigenvalue weighted by molar-refractivity contribution is 5.83. The van der Waals surface area contributed by atoms with Gasteiger partial charge in [-0.25, -0.2) is 9.78 Å². The molecule has 5 nitrogen and oxygen atoms in total. The van der Waals surface area contributed by atoms with E-state index in [1.54, 1.807) is 0 Å². The standard InChI is InChI=1S/C13H4F9N3O2/c14-11(15,16)5-1-4(2-6(3-5)12(17,18)19)7-8(13(20,21)22)24-25-9(23-7)10(26)27/h1-3H,(H,26,27). The van der Waals surface area contributed by atoms with Crippen LogP contribution >= 0.6 is 0 Å². The molecule has 2 aromatic rings. The number of halogens is 9. The summed E-state index contributed by atoms with van der Waals surface area (Å²) in [5.41, 5.74) is -8.67.